The minimum atomic E-state index is -0.774. The summed E-state index contributed by atoms with van der Waals surface area (Å²) >= 11 is 6.22. The standard InChI is InChI=1S/C22H27ClN2O5/c1-13-18(14(2)24-19(13)22(28)30-5)20(26)15(3)25(11-8-12-29-4)21(27)16-9-6-7-10-17(16)23/h6-7,9-10,15,24H,8,11-12H2,1-5H3/t15-/m1/s1. The topological polar surface area (TPSA) is 88.7 Å². The fourth-order valence-corrected chi connectivity index (χ4v) is 3.63. The van der Waals surface area contributed by atoms with Crippen molar-refractivity contribution in [2.75, 3.05) is 27.4 Å². The molecule has 8 heteroatoms. The molecule has 0 aliphatic heterocycles. The van der Waals surface area contributed by atoms with Crippen molar-refractivity contribution in [3.63, 3.8) is 0 Å². The van der Waals surface area contributed by atoms with Gasteiger partial charge in [0.2, 0.25) is 0 Å². The number of Topliss-reactive ketones (excluding diaryl/α,β-unsaturated/α-hetero) is 1. The molecule has 1 aromatic heterocycles. The van der Waals surface area contributed by atoms with Gasteiger partial charge in [0.25, 0.3) is 5.91 Å². The van der Waals surface area contributed by atoms with Crippen LogP contribution in [0, 0.1) is 13.8 Å². The Morgan fingerprint density at radius 2 is 1.83 bits per heavy atom. The van der Waals surface area contributed by atoms with Gasteiger partial charge in [0.15, 0.2) is 5.78 Å². The molecule has 0 fully saturated rings. The van der Waals surface area contributed by atoms with Gasteiger partial charge in [-0.2, -0.15) is 0 Å². The van der Waals surface area contributed by atoms with Gasteiger partial charge in [-0.25, -0.2) is 4.79 Å². The average Bonchev–Trinajstić information content (AvgIpc) is 3.03. The number of amides is 1. The molecule has 1 heterocycles. The van der Waals surface area contributed by atoms with Gasteiger partial charge in [0.05, 0.1) is 23.7 Å². The number of H-pyrrole nitrogens is 1. The highest BCUT2D eigenvalue weighted by Gasteiger charge is 2.32. The number of nitrogens with one attached hydrogen (secondary N) is 1. The van der Waals surface area contributed by atoms with Crippen LogP contribution in [-0.2, 0) is 9.47 Å². The Balaban J connectivity index is 2.40. The van der Waals surface area contributed by atoms with Gasteiger partial charge in [-0.3, -0.25) is 9.59 Å². The molecule has 162 valence electrons. The third-order valence-electron chi connectivity index (χ3n) is 5.03. The lowest BCUT2D eigenvalue weighted by molar-refractivity contribution is 0.0591. The first-order valence-corrected chi connectivity index (χ1v) is 9.98. The van der Waals surface area contributed by atoms with E-state index < -0.39 is 12.0 Å². The average molecular weight is 435 g/mol. The summed E-state index contributed by atoms with van der Waals surface area (Å²) < 4.78 is 9.87. The zero-order valence-corrected chi connectivity index (χ0v) is 18.6. The second kappa shape index (κ2) is 10.4. The van der Waals surface area contributed by atoms with Crippen molar-refractivity contribution in [3.05, 3.63) is 57.4 Å². The highest BCUT2D eigenvalue weighted by Crippen LogP contribution is 2.24. The SMILES string of the molecule is COCCCN(C(=O)c1ccccc1Cl)[C@H](C)C(=O)c1c(C)[nH]c(C(=O)OC)c1C. The number of ketones is 1. The molecule has 2 aromatic rings. The van der Waals surface area contributed by atoms with Gasteiger partial charge in [-0.15, -0.1) is 0 Å². The molecular formula is C22H27ClN2O5. The van der Waals surface area contributed by atoms with Gasteiger partial charge in [0.1, 0.15) is 5.69 Å². The van der Waals surface area contributed by atoms with E-state index in [-0.39, 0.29) is 17.4 Å². The quantitative estimate of drug-likeness (QED) is 0.368. The van der Waals surface area contributed by atoms with E-state index in [0.717, 1.165) is 0 Å². The minimum absolute atomic E-state index is 0.230. The molecule has 0 saturated heterocycles. The predicted octanol–water partition coefficient (Wildman–Crippen LogP) is 3.82. The number of aromatic amines is 1. The number of carbonyl (C=O) groups is 3. The highest BCUT2D eigenvalue weighted by molar-refractivity contribution is 6.33. The van der Waals surface area contributed by atoms with E-state index in [1.54, 1.807) is 52.1 Å². The first-order chi connectivity index (χ1) is 14.2. The van der Waals surface area contributed by atoms with E-state index in [2.05, 4.69) is 4.98 Å². The largest absolute Gasteiger partial charge is 0.464 e. The molecule has 1 atom stereocenters. The van der Waals surface area contributed by atoms with Crippen molar-refractivity contribution < 1.29 is 23.9 Å². The number of rotatable bonds is 9. The minimum Gasteiger partial charge on any atom is -0.464 e. The third kappa shape index (κ3) is 4.91. The Bertz CT molecular complexity index is 938. The summed E-state index contributed by atoms with van der Waals surface area (Å²) in [4.78, 5) is 43.0. The summed E-state index contributed by atoms with van der Waals surface area (Å²) in [5.41, 5.74) is 1.99. The van der Waals surface area contributed by atoms with Crippen molar-refractivity contribution in [2.45, 2.75) is 33.2 Å². The predicted molar refractivity (Wildman–Crippen MR) is 114 cm³/mol. The number of esters is 1. The molecule has 0 radical (unpaired) electrons. The number of aromatic nitrogens is 1. The van der Waals surface area contributed by atoms with E-state index in [9.17, 15) is 14.4 Å². The number of nitrogens with zero attached hydrogens (tertiary/aromatic N) is 1. The molecule has 0 aliphatic carbocycles. The molecule has 0 unspecified atom stereocenters. The molecule has 1 aromatic carbocycles. The summed E-state index contributed by atoms with van der Waals surface area (Å²) in [6.07, 6.45) is 0.558. The molecule has 1 N–H and O–H groups in total. The second-order valence-electron chi connectivity index (χ2n) is 6.98. The maximum Gasteiger partial charge on any atom is 0.354 e. The van der Waals surface area contributed by atoms with Crippen LogP contribution in [0.2, 0.25) is 5.02 Å². The summed E-state index contributed by atoms with van der Waals surface area (Å²) in [5, 5.41) is 0.320. The monoisotopic (exact) mass is 434 g/mol. The molecule has 0 aliphatic rings. The zero-order valence-electron chi connectivity index (χ0n) is 17.9. The third-order valence-corrected chi connectivity index (χ3v) is 5.36. The molecule has 0 spiro atoms. The number of hydrogen-bond acceptors (Lipinski definition) is 5. The van der Waals surface area contributed by atoms with E-state index >= 15 is 0 Å². The van der Waals surface area contributed by atoms with Gasteiger partial charge in [-0.05, 0) is 44.9 Å². The number of ether oxygens (including phenoxy) is 2. The van der Waals surface area contributed by atoms with Gasteiger partial charge >= 0.3 is 5.97 Å². The van der Waals surface area contributed by atoms with Crippen LogP contribution in [0.3, 0.4) is 0 Å². The second-order valence-corrected chi connectivity index (χ2v) is 7.39. The number of methoxy groups -OCH3 is 2. The van der Waals surface area contributed by atoms with Crippen LogP contribution < -0.4 is 0 Å². The lowest BCUT2D eigenvalue weighted by Gasteiger charge is -2.29. The maximum absolute atomic E-state index is 13.4. The number of halogens is 1. The fourth-order valence-electron chi connectivity index (χ4n) is 3.42. The maximum atomic E-state index is 13.4. The smallest absolute Gasteiger partial charge is 0.354 e. The van der Waals surface area contributed by atoms with E-state index in [0.29, 0.717) is 47.0 Å². The van der Waals surface area contributed by atoms with Crippen molar-refractivity contribution >= 4 is 29.3 Å². The Kier molecular flexibility index (Phi) is 8.20. The van der Waals surface area contributed by atoms with Crippen molar-refractivity contribution in [2.24, 2.45) is 0 Å². The summed E-state index contributed by atoms with van der Waals surface area (Å²) in [6.45, 7) is 5.83. The van der Waals surface area contributed by atoms with Crippen LogP contribution in [0.1, 0.15) is 55.8 Å². The molecule has 0 saturated carbocycles. The molecule has 1 amide bonds. The highest BCUT2D eigenvalue weighted by atomic mass is 35.5. The summed E-state index contributed by atoms with van der Waals surface area (Å²) in [7, 11) is 2.86. The fraction of sp³-hybridized carbons (Fsp3) is 0.409. The van der Waals surface area contributed by atoms with E-state index in [1.165, 1.54) is 12.0 Å². The number of carbonyl (C=O) groups excluding carboxylic acids is 3. The van der Waals surface area contributed by atoms with Crippen LogP contribution in [0.5, 0.6) is 0 Å². The Labute approximate surface area is 181 Å². The van der Waals surface area contributed by atoms with Crippen molar-refractivity contribution in [1.82, 2.24) is 9.88 Å². The first kappa shape index (κ1) is 23.6. The number of aryl methyl sites for hydroxylation is 1. The van der Waals surface area contributed by atoms with E-state index in [1.807, 2.05) is 0 Å². The molecule has 7 nitrogen and oxygen atoms in total. The summed E-state index contributed by atoms with van der Waals surface area (Å²) in [6, 6.07) is 5.96. The number of benzene rings is 1. The normalized spacial score (nSPS) is 11.8. The van der Waals surface area contributed by atoms with Crippen LogP contribution in [0.4, 0.5) is 0 Å². The van der Waals surface area contributed by atoms with Crippen LogP contribution in [0.15, 0.2) is 24.3 Å². The van der Waals surface area contributed by atoms with Crippen molar-refractivity contribution in [1.29, 1.82) is 0 Å². The van der Waals surface area contributed by atoms with Gasteiger partial charge in [0, 0.05) is 31.5 Å². The van der Waals surface area contributed by atoms with E-state index in [4.69, 9.17) is 21.1 Å². The van der Waals surface area contributed by atoms with Crippen LogP contribution in [-0.4, -0.2) is 61.0 Å². The Morgan fingerprint density at radius 3 is 2.43 bits per heavy atom. The van der Waals surface area contributed by atoms with Gasteiger partial charge < -0.3 is 19.4 Å². The lowest BCUT2D eigenvalue weighted by Crippen LogP contribution is -2.44. The zero-order chi connectivity index (χ0) is 22.4. The summed E-state index contributed by atoms with van der Waals surface area (Å²) in [5.74, 6) is -1.16. The Morgan fingerprint density at radius 1 is 1.17 bits per heavy atom. The Hall–Kier alpha value is -2.64. The van der Waals surface area contributed by atoms with Gasteiger partial charge in [-0.1, -0.05) is 23.7 Å². The molecule has 0 bridgehead atoms. The molecule has 30 heavy (non-hydrogen) atoms. The van der Waals surface area contributed by atoms with Crippen molar-refractivity contribution in [3.8, 4) is 0 Å². The van der Waals surface area contributed by atoms with Crippen LogP contribution >= 0.6 is 11.6 Å². The van der Waals surface area contributed by atoms with Crippen LogP contribution in [0.25, 0.3) is 0 Å². The first-order valence-electron chi connectivity index (χ1n) is 9.60. The molecular weight excluding hydrogens is 408 g/mol. The molecule has 2 rings (SSSR count). The lowest BCUT2D eigenvalue weighted by atomic mass is 9.99. The number of hydrogen-bond donors (Lipinski definition) is 1.